The fraction of sp³-hybridized carbons (Fsp3) is 0.298. The molecule has 0 bridgehead atoms. The summed E-state index contributed by atoms with van der Waals surface area (Å²) < 4.78 is 53.0. The first kappa shape index (κ1) is 54.5. The highest BCUT2D eigenvalue weighted by atomic mass is 28.3. The van der Waals surface area contributed by atoms with Gasteiger partial charge in [-0.25, -0.2) is 4.98 Å². The number of anilines is 7. The van der Waals surface area contributed by atoms with E-state index in [9.17, 15) is 2.74 Å². The lowest BCUT2D eigenvalue weighted by Crippen LogP contribution is -2.75. The lowest BCUT2D eigenvalue weighted by Gasteiger charge is -2.44. The number of fused-ring (bicyclic) bond motifs is 10. The van der Waals surface area contributed by atoms with Gasteiger partial charge in [0.15, 0.2) is 8.07 Å². The topological polar surface area (TPSA) is 31.8 Å². The molecule has 10 aromatic rings. The van der Waals surface area contributed by atoms with Crippen LogP contribution in [0.3, 0.4) is 0 Å². The third kappa shape index (κ3) is 10.5. The lowest BCUT2D eigenvalue weighted by molar-refractivity contribution is 0.479. The zero-order valence-corrected chi connectivity index (χ0v) is 57.1. The van der Waals surface area contributed by atoms with Crippen LogP contribution in [0.4, 0.5) is 39.9 Å². The molecule has 0 atom stereocenters. The predicted molar refractivity (Wildman–Crippen MR) is 387 cm³/mol. The second-order valence-corrected chi connectivity index (χ2v) is 35.2. The number of rotatable bonds is 7. The maximum absolute atomic E-state index is 9.47. The summed E-state index contributed by atoms with van der Waals surface area (Å²) in [5.41, 5.74) is 17.1. The van der Waals surface area contributed by atoms with Crippen molar-refractivity contribution in [3.8, 4) is 44.9 Å². The summed E-state index contributed by atoms with van der Waals surface area (Å²) in [5.74, 6) is 2.22. The molecule has 3 aliphatic heterocycles. The van der Waals surface area contributed by atoms with E-state index in [-0.39, 0.29) is 62.2 Å². The van der Waals surface area contributed by atoms with Crippen LogP contribution >= 0.6 is 0 Å². The van der Waals surface area contributed by atoms with Crippen molar-refractivity contribution in [2.75, 3.05) is 21.4 Å². The molecule has 5 nitrogen and oxygen atoms in total. The first-order valence-corrected chi connectivity index (χ1v) is 34.1. The average Bonchev–Trinajstić information content (AvgIpc) is 1.58. The summed E-state index contributed by atoms with van der Waals surface area (Å²) >= 11 is 0. The highest BCUT2D eigenvalue weighted by molar-refractivity contribution is 7.23. The van der Waals surface area contributed by atoms with E-state index >= 15 is 0 Å². The van der Waals surface area contributed by atoms with Gasteiger partial charge in [-0.2, -0.15) is 0 Å². The zero-order chi connectivity index (χ0) is 68.2. The van der Waals surface area contributed by atoms with Crippen LogP contribution in [0.2, 0.25) is 0 Å². The van der Waals surface area contributed by atoms with Gasteiger partial charge >= 0.3 is 0 Å². The van der Waals surface area contributed by atoms with Crippen molar-refractivity contribution in [2.24, 2.45) is 0 Å². The number of ether oxygens (including phenoxy) is 1. The molecule has 13 rings (SSSR count). The summed E-state index contributed by atoms with van der Waals surface area (Å²) in [6.45, 7) is 41.2. The molecule has 1 spiro atoms. The molecular weight excluding hydrogens is 1110 g/mol. The highest BCUT2D eigenvalue weighted by Crippen LogP contribution is 2.52. The van der Waals surface area contributed by atoms with Gasteiger partial charge in [0.2, 0.25) is 0 Å². The van der Waals surface area contributed by atoms with Gasteiger partial charge in [0, 0.05) is 40.8 Å². The van der Waals surface area contributed by atoms with E-state index in [0.717, 1.165) is 56.6 Å². The Kier molecular flexibility index (Phi) is 12.9. The molecule has 9 aromatic carbocycles. The standard InChI is InChI=1S/C84H90N4OSi/c1-79(2,3)56-35-38-67-68-39-36-57(80(4,5)6)49-76(68)90(75(67)48-56)73-34-25-24-33-71(73)88(77-50-58(41-42-85-77)81(7,8)9)72-52-63(37-40-74(72)90)89-64-47-61(84(16,17)18)46-62(51-64)86-53-87(70-32-23-22-31-69(70)86)78-65(54-27-20-19-21-28-54)29-26-30-66(78)55-43-59(82(10,11)12)45-60(44-55)83(13,14)15/h19-52H,53H2,1-18H3/i19D,20D,21D,27D,28D. The van der Waals surface area contributed by atoms with Crippen LogP contribution in [0.15, 0.2) is 206 Å². The summed E-state index contributed by atoms with van der Waals surface area (Å²) in [7, 11) is -3.16. The minimum absolute atomic E-state index is 0.0966. The first-order chi connectivity index (χ1) is 44.5. The van der Waals surface area contributed by atoms with Gasteiger partial charge < -0.3 is 14.5 Å². The number of hydrogen-bond donors (Lipinski definition) is 0. The molecule has 456 valence electrons. The second-order valence-electron chi connectivity index (χ2n) is 31.5. The van der Waals surface area contributed by atoms with E-state index in [2.05, 4.69) is 297 Å². The summed E-state index contributed by atoms with van der Waals surface area (Å²) in [6, 6.07) is 61.2. The van der Waals surface area contributed by atoms with Crippen molar-refractivity contribution < 1.29 is 11.6 Å². The van der Waals surface area contributed by atoms with Gasteiger partial charge in [-0.05, 0) is 157 Å². The normalized spacial score (nSPS) is 15.3. The van der Waals surface area contributed by atoms with Crippen molar-refractivity contribution in [2.45, 2.75) is 157 Å². The van der Waals surface area contributed by atoms with E-state index in [0.29, 0.717) is 23.7 Å². The lowest BCUT2D eigenvalue weighted by atomic mass is 9.78. The van der Waals surface area contributed by atoms with Gasteiger partial charge in [0.05, 0.1) is 29.6 Å². The molecule has 90 heavy (non-hydrogen) atoms. The zero-order valence-electron chi connectivity index (χ0n) is 61.1. The minimum Gasteiger partial charge on any atom is -0.457 e. The SMILES string of the molecule is [2H]c1c([2H])c([2H])c(-c2cccc(-c3cc(C(C)(C)C)cc(C(C)(C)C)c3)c2N2CN(c3cc(Oc4ccc5c(c4)N(c4cc(C(C)(C)C)ccn4)c4ccccc4[Si]54c5cc(C(C)(C)C)ccc5-c5ccc(C(C)(C)C)cc54)cc(C(C)(C)C)c3)c3ccccc32)c([2H])c1[2H]. The van der Waals surface area contributed by atoms with E-state index < -0.39 is 14.1 Å². The molecular formula is C84H90N4OSi. The van der Waals surface area contributed by atoms with Crippen molar-refractivity contribution in [1.29, 1.82) is 0 Å². The van der Waals surface area contributed by atoms with Crippen LogP contribution in [0.5, 0.6) is 11.5 Å². The molecule has 4 heterocycles. The highest BCUT2D eigenvalue weighted by Gasteiger charge is 2.55. The molecule has 0 N–H and O–H groups in total. The van der Waals surface area contributed by atoms with Crippen LogP contribution < -0.4 is 40.2 Å². The third-order valence-corrected chi connectivity index (χ3v) is 23.9. The quantitative estimate of drug-likeness (QED) is 0.149. The number of benzene rings is 9. The summed E-state index contributed by atoms with van der Waals surface area (Å²) in [5, 5.41) is 5.43. The van der Waals surface area contributed by atoms with Crippen molar-refractivity contribution >= 4 is 68.8 Å². The van der Waals surface area contributed by atoms with Crippen molar-refractivity contribution in [3.05, 3.63) is 240 Å². The number of pyridine rings is 1. The molecule has 0 unspecified atom stereocenters. The maximum Gasteiger partial charge on any atom is 0.185 e. The minimum atomic E-state index is -3.16. The molecule has 0 saturated carbocycles. The Balaban J connectivity index is 1.01. The Morgan fingerprint density at radius 1 is 0.378 bits per heavy atom. The van der Waals surface area contributed by atoms with E-state index in [4.69, 9.17) is 13.8 Å². The van der Waals surface area contributed by atoms with E-state index in [1.807, 2.05) is 18.3 Å². The van der Waals surface area contributed by atoms with E-state index in [1.54, 1.807) is 0 Å². The van der Waals surface area contributed by atoms with Gasteiger partial charge in [0.25, 0.3) is 0 Å². The molecule has 1 aromatic heterocycles. The molecule has 0 saturated heterocycles. The molecule has 6 heteroatoms. The Hall–Kier alpha value is -8.45. The third-order valence-electron chi connectivity index (χ3n) is 19.0. The van der Waals surface area contributed by atoms with E-state index in [1.165, 1.54) is 59.7 Å². The van der Waals surface area contributed by atoms with Crippen molar-refractivity contribution in [3.63, 3.8) is 0 Å². The van der Waals surface area contributed by atoms with Crippen LogP contribution in [-0.2, 0) is 32.5 Å². The monoisotopic (exact) mass is 1200 g/mol. The van der Waals surface area contributed by atoms with Gasteiger partial charge in [-0.1, -0.05) is 264 Å². The first-order valence-electron chi connectivity index (χ1n) is 34.6. The Labute approximate surface area is 545 Å². The molecule has 0 aliphatic carbocycles. The van der Waals surface area contributed by atoms with Crippen LogP contribution in [-0.4, -0.2) is 19.7 Å². The molecule has 0 radical (unpaired) electrons. The number of nitrogens with zero attached hydrogens (tertiary/aromatic N) is 4. The van der Waals surface area contributed by atoms with Gasteiger partial charge in [-0.15, -0.1) is 0 Å². The average molecular weight is 1200 g/mol. The van der Waals surface area contributed by atoms with Crippen LogP contribution in [0, 0.1) is 0 Å². The molecule has 3 aliphatic rings. The smallest absolute Gasteiger partial charge is 0.185 e. The Bertz CT molecular complexity index is 4650. The fourth-order valence-corrected chi connectivity index (χ4v) is 19.3. The second kappa shape index (κ2) is 21.3. The Morgan fingerprint density at radius 2 is 0.889 bits per heavy atom. The summed E-state index contributed by atoms with van der Waals surface area (Å²) in [4.78, 5) is 12.3. The van der Waals surface area contributed by atoms with Crippen LogP contribution in [0.25, 0.3) is 33.4 Å². The summed E-state index contributed by atoms with van der Waals surface area (Å²) in [6.07, 6.45) is 1.96. The largest absolute Gasteiger partial charge is 0.457 e. The maximum atomic E-state index is 9.47. The molecule has 0 fully saturated rings. The predicted octanol–water partition coefficient (Wildman–Crippen LogP) is 20.4. The number of para-hydroxylation sites is 4. The van der Waals surface area contributed by atoms with Gasteiger partial charge in [-0.3, -0.25) is 4.90 Å². The van der Waals surface area contributed by atoms with Crippen molar-refractivity contribution in [1.82, 2.24) is 4.98 Å². The van der Waals surface area contributed by atoms with Crippen LogP contribution in [0.1, 0.15) is 165 Å². The fourth-order valence-electron chi connectivity index (χ4n) is 13.7. The number of hydrogen-bond acceptors (Lipinski definition) is 5. The number of aromatic nitrogens is 1. The van der Waals surface area contributed by atoms with Gasteiger partial charge in [0.1, 0.15) is 24.0 Å². The molecule has 0 amide bonds. The Morgan fingerprint density at radius 3 is 1.47 bits per heavy atom.